The van der Waals surface area contributed by atoms with E-state index in [-0.39, 0.29) is 0 Å². The monoisotopic (exact) mass is 100 g/mol. The molecule has 1 rings (SSSR count). The van der Waals surface area contributed by atoms with E-state index in [0.29, 0.717) is 13.4 Å². The van der Waals surface area contributed by atoms with Crippen molar-refractivity contribution in [2.24, 2.45) is 5.73 Å². The van der Waals surface area contributed by atoms with Gasteiger partial charge in [-0.1, -0.05) is 0 Å². The topological polar surface area (TPSA) is 38.5 Å². The molecule has 1 aliphatic rings. The van der Waals surface area contributed by atoms with Crippen LogP contribution in [0.5, 0.6) is 0 Å². The summed E-state index contributed by atoms with van der Waals surface area (Å²) in [6, 6.07) is 0. The minimum Gasteiger partial charge on any atom is -0.479 e. The van der Waals surface area contributed by atoms with E-state index < -0.39 is 0 Å². The normalized spacial score (nSPS) is 17.6. The molecule has 0 atom stereocenters. The molecular weight excluding hydrogens is 92.1 g/mol. The van der Waals surface area contributed by atoms with Crippen LogP contribution in [0.1, 0.15) is 0 Å². The first-order chi connectivity index (χ1) is 3.43. The fourth-order valence-corrected chi connectivity index (χ4v) is 0.424. The second-order valence-electron chi connectivity index (χ2n) is 1.35. The Kier molecular flexibility index (Phi) is 1.17. The van der Waals surface area contributed by atoms with Crippen LogP contribution in [0.4, 0.5) is 0 Å². The van der Waals surface area contributed by atoms with Crippen molar-refractivity contribution in [3.8, 4) is 0 Å². The van der Waals surface area contributed by atoms with Crippen LogP contribution in [0.15, 0.2) is 12.5 Å². The maximum atomic E-state index is 5.23. The van der Waals surface area contributed by atoms with Crippen LogP contribution in [-0.2, 0) is 4.74 Å². The van der Waals surface area contributed by atoms with Crippen molar-refractivity contribution < 1.29 is 4.74 Å². The molecule has 3 nitrogen and oxygen atoms in total. The molecule has 0 fully saturated rings. The van der Waals surface area contributed by atoms with Crippen molar-refractivity contribution in [1.29, 1.82) is 0 Å². The first-order valence-corrected chi connectivity index (χ1v) is 2.16. The number of ether oxygens (including phenoxy) is 1. The number of hydrogen-bond acceptors (Lipinski definition) is 3. The molecule has 0 unspecified atom stereocenters. The summed E-state index contributed by atoms with van der Waals surface area (Å²) in [5, 5.41) is 0. The van der Waals surface area contributed by atoms with Crippen LogP contribution in [0.25, 0.3) is 0 Å². The smallest absolute Gasteiger partial charge is 0.161 e. The van der Waals surface area contributed by atoms with Crippen LogP contribution in [0.2, 0.25) is 0 Å². The summed E-state index contributed by atoms with van der Waals surface area (Å²) >= 11 is 0. The summed E-state index contributed by atoms with van der Waals surface area (Å²) < 4.78 is 4.81. The second-order valence-corrected chi connectivity index (χ2v) is 1.35. The zero-order valence-corrected chi connectivity index (χ0v) is 4.00. The highest BCUT2D eigenvalue weighted by molar-refractivity contribution is 4.77. The zero-order chi connectivity index (χ0) is 5.11. The third-order valence-electron chi connectivity index (χ3n) is 0.843. The van der Waals surface area contributed by atoms with Gasteiger partial charge in [0.2, 0.25) is 0 Å². The molecule has 1 heterocycles. The third kappa shape index (κ3) is 0.838. The molecule has 0 aromatic rings. The Hall–Kier alpha value is -0.700. The van der Waals surface area contributed by atoms with E-state index in [2.05, 4.69) is 0 Å². The zero-order valence-electron chi connectivity index (χ0n) is 4.00. The van der Waals surface area contributed by atoms with E-state index in [1.165, 1.54) is 0 Å². The molecule has 3 heteroatoms. The number of nitrogens with zero attached hydrogens (tertiary/aromatic N) is 1. The Balaban J connectivity index is 2.28. The first-order valence-electron chi connectivity index (χ1n) is 2.16. The molecule has 0 bridgehead atoms. The van der Waals surface area contributed by atoms with Gasteiger partial charge in [-0.05, 0) is 0 Å². The number of nitrogens with two attached hydrogens (primary N) is 1. The molecule has 0 amide bonds. The molecule has 0 saturated heterocycles. The summed E-state index contributed by atoms with van der Waals surface area (Å²) in [6.07, 6.45) is 3.45. The molecule has 0 saturated carbocycles. The van der Waals surface area contributed by atoms with Crippen LogP contribution in [0.3, 0.4) is 0 Å². The predicted octanol–water partition coefficient (Wildman–Crippen LogP) is -0.337. The lowest BCUT2D eigenvalue weighted by atomic mass is 10.8. The van der Waals surface area contributed by atoms with Gasteiger partial charge >= 0.3 is 0 Å². The summed E-state index contributed by atoms with van der Waals surface area (Å²) in [5.74, 6) is 0. The van der Waals surface area contributed by atoms with Gasteiger partial charge in [-0.3, -0.25) is 0 Å². The highest BCUT2D eigenvalue weighted by atomic mass is 16.5. The van der Waals surface area contributed by atoms with Gasteiger partial charge < -0.3 is 15.4 Å². The van der Waals surface area contributed by atoms with E-state index in [0.717, 1.165) is 0 Å². The molecule has 0 radical (unpaired) electrons. The predicted molar refractivity (Wildman–Crippen MR) is 26.0 cm³/mol. The maximum Gasteiger partial charge on any atom is 0.161 e. The molecule has 7 heavy (non-hydrogen) atoms. The Labute approximate surface area is 42.4 Å². The van der Waals surface area contributed by atoms with E-state index in [9.17, 15) is 0 Å². The summed E-state index contributed by atoms with van der Waals surface area (Å²) in [5.41, 5.74) is 5.23. The summed E-state index contributed by atoms with van der Waals surface area (Å²) in [4.78, 5) is 1.86. The highest BCUT2D eigenvalue weighted by Gasteiger charge is 1.98. The SMILES string of the molecule is NCN1C=COC1. The van der Waals surface area contributed by atoms with Crippen molar-refractivity contribution in [2.45, 2.75) is 0 Å². The molecule has 0 aliphatic carbocycles. The first kappa shape index (κ1) is 4.46. The molecular formula is C4H8N2O. The van der Waals surface area contributed by atoms with Gasteiger partial charge in [0.1, 0.15) is 6.26 Å². The molecule has 2 N–H and O–H groups in total. The average Bonchev–Trinajstić information content (AvgIpc) is 2.14. The lowest BCUT2D eigenvalue weighted by Crippen LogP contribution is -2.22. The minimum absolute atomic E-state index is 0.538. The lowest BCUT2D eigenvalue weighted by Gasteiger charge is -2.07. The van der Waals surface area contributed by atoms with Gasteiger partial charge in [0, 0.05) is 6.20 Å². The number of rotatable bonds is 1. The Bertz CT molecular complexity index is 81.8. The van der Waals surface area contributed by atoms with Crippen molar-refractivity contribution in [2.75, 3.05) is 13.4 Å². The standard InChI is InChI=1S/C4H8N2O/c5-3-6-1-2-7-4-6/h1-2H,3-5H2. The van der Waals surface area contributed by atoms with Crippen molar-refractivity contribution in [1.82, 2.24) is 4.90 Å². The molecule has 0 aromatic heterocycles. The van der Waals surface area contributed by atoms with Crippen molar-refractivity contribution >= 4 is 0 Å². The van der Waals surface area contributed by atoms with E-state index in [4.69, 9.17) is 10.5 Å². The van der Waals surface area contributed by atoms with E-state index in [1.807, 2.05) is 11.1 Å². The van der Waals surface area contributed by atoms with E-state index in [1.54, 1.807) is 6.26 Å². The maximum absolute atomic E-state index is 5.23. The van der Waals surface area contributed by atoms with Gasteiger partial charge in [0.15, 0.2) is 6.73 Å². The van der Waals surface area contributed by atoms with E-state index >= 15 is 0 Å². The third-order valence-corrected chi connectivity index (χ3v) is 0.843. The quantitative estimate of drug-likeness (QED) is 0.490. The number of hydrogen-bond donors (Lipinski definition) is 1. The average molecular weight is 100 g/mol. The van der Waals surface area contributed by atoms with Crippen LogP contribution in [-0.4, -0.2) is 18.3 Å². The lowest BCUT2D eigenvalue weighted by molar-refractivity contribution is 0.174. The van der Waals surface area contributed by atoms with Crippen LogP contribution in [0, 0.1) is 0 Å². The fourth-order valence-electron chi connectivity index (χ4n) is 0.424. The summed E-state index contributed by atoms with van der Waals surface area (Å²) in [7, 11) is 0. The van der Waals surface area contributed by atoms with Crippen LogP contribution < -0.4 is 5.73 Å². The van der Waals surface area contributed by atoms with Gasteiger partial charge in [0.25, 0.3) is 0 Å². The van der Waals surface area contributed by atoms with Crippen molar-refractivity contribution in [3.05, 3.63) is 12.5 Å². The Morgan fingerprint density at radius 2 is 2.71 bits per heavy atom. The summed E-state index contributed by atoms with van der Waals surface area (Å²) in [6.45, 7) is 1.15. The fraction of sp³-hybridized carbons (Fsp3) is 0.500. The second kappa shape index (κ2) is 1.84. The highest BCUT2D eigenvalue weighted by Crippen LogP contribution is 1.95. The van der Waals surface area contributed by atoms with Crippen LogP contribution >= 0.6 is 0 Å². The van der Waals surface area contributed by atoms with Gasteiger partial charge in [-0.15, -0.1) is 0 Å². The van der Waals surface area contributed by atoms with Gasteiger partial charge in [0.05, 0.1) is 6.67 Å². The molecule has 40 valence electrons. The molecule has 0 aromatic carbocycles. The molecule has 1 aliphatic heterocycles. The van der Waals surface area contributed by atoms with Gasteiger partial charge in [-0.25, -0.2) is 0 Å². The molecule has 0 spiro atoms. The van der Waals surface area contributed by atoms with Gasteiger partial charge in [-0.2, -0.15) is 0 Å². The Morgan fingerprint density at radius 3 is 3.00 bits per heavy atom. The van der Waals surface area contributed by atoms with Crippen molar-refractivity contribution in [3.63, 3.8) is 0 Å². The largest absolute Gasteiger partial charge is 0.479 e. The minimum atomic E-state index is 0.538. The Morgan fingerprint density at radius 1 is 1.86 bits per heavy atom.